The fourth-order valence-corrected chi connectivity index (χ4v) is 3.89. The highest BCUT2D eigenvalue weighted by Gasteiger charge is 2.30. The van der Waals surface area contributed by atoms with Gasteiger partial charge >= 0.3 is 18.0 Å². The molecule has 1 unspecified atom stereocenters. The van der Waals surface area contributed by atoms with E-state index in [1.165, 1.54) is 24.3 Å². The smallest absolute Gasteiger partial charge is 0.408 e. The Kier molecular flexibility index (Phi) is 16.5. The summed E-state index contributed by atoms with van der Waals surface area (Å²) in [6.45, 7) is 0.551. The summed E-state index contributed by atoms with van der Waals surface area (Å²) in [5.41, 5.74) is 1.72. The lowest BCUT2D eigenvalue weighted by Crippen LogP contribution is -2.47. The second-order valence-electron chi connectivity index (χ2n) is 8.96. The van der Waals surface area contributed by atoms with Crippen molar-refractivity contribution < 1.29 is 50.1 Å². The maximum Gasteiger partial charge on any atom is 0.408 e. The zero-order valence-electron chi connectivity index (χ0n) is 23.0. The Labute approximate surface area is 257 Å². The molecule has 0 saturated carbocycles. The zero-order valence-corrected chi connectivity index (χ0v) is 24.6. The molecule has 43 heavy (non-hydrogen) atoms. The van der Waals surface area contributed by atoms with E-state index in [-0.39, 0.29) is 29.4 Å². The van der Waals surface area contributed by atoms with Gasteiger partial charge in [-0.25, -0.2) is 14.6 Å². The second kappa shape index (κ2) is 19.5. The van der Waals surface area contributed by atoms with Gasteiger partial charge in [-0.15, -0.1) is 0 Å². The Hall–Kier alpha value is -4.66. The van der Waals surface area contributed by atoms with Gasteiger partial charge < -0.3 is 46.4 Å². The van der Waals surface area contributed by atoms with E-state index in [1.807, 2.05) is 0 Å². The van der Waals surface area contributed by atoms with E-state index in [0.717, 1.165) is 11.1 Å². The number of unbranched alkanes of at least 4 members (excludes halogenated alkanes) is 1. The fourth-order valence-electron chi connectivity index (χ4n) is 3.60. The van der Waals surface area contributed by atoms with E-state index in [1.54, 1.807) is 12.1 Å². The summed E-state index contributed by atoms with van der Waals surface area (Å²) in [5, 5.41) is 72.4. The summed E-state index contributed by atoms with van der Waals surface area (Å²) in [6.07, 6.45) is 0.458. The Balaban J connectivity index is 0.000000589. The number of isothiocyanates is 1. The molecule has 234 valence electrons. The molecule has 1 amide bonds. The lowest BCUT2D eigenvalue weighted by Gasteiger charge is -2.24. The van der Waals surface area contributed by atoms with Crippen LogP contribution in [0.5, 0.6) is 23.0 Å². The van der Waals surface area contributed by atoms with Crippen molar-refractivity contribution in [3.8, 4) is 23.0 Å². The topological polar surface area (TPSA) is 232 Å². The van der Waals surface area contributed by atoms with E-state index < -0.39 is 30.6 Å². The van der Waals surface area contributed by atoms with Crippen molar-refractivity contribution in [2.45, 2.75) is 38.1 Å². The van der Waals surface area contributed by atoms with Crippen LogP contribution in [0.15, 0.2) is 41.4 Å². The van der Waals surface area contributed by atoms with Gasteiger partial charge in [0.15, 0.2) is 28.1 Å². The van der Waals surface area contributed by atoms with Crippen LogP contribution >= 0.6 is 24.4 Å². The maximum absolute atomic E-state index is 11.3. The SMILES string of the molecule is O=C(O)CN(C(=O)O)C(CCCCNC(=S)NCCc1ccc(O)c(O)c1)C(=O)O.Oc1ccc(CCN=C=S)cc1O. The number of nitrogens with zero attached hydrogens (tertiary/aromatic N) is 2. The van der Waals surface area contributed by atoms with E-state index in [9.17, 15) is 29.7 Å². The molecule has 0 bridgehead atoms. The summed E-state index contributed by atoms with van der Waals surface area (Å²) < 4.78 is 0. The largest absolute Gasteiger partial charge is 0.504 e. The molecule has 0 aliphatic rings. The molecular weight excluding hydrogens is 604 g/mol. The highest BCUT2D eigenvalue weighted by atomic mass is 32.1. The van der Waals surface area contributed by atoms with Crippen molar-refractivity contribution in [2.75, 3.05) is 26.2 Å². The first kappa shape index (κ1) is 36.4. The van der Waals surface area contributed by atoms with Crippen molar-refractivity contribution in [1.82, 2.24) is 15.5 Å². The standard InChI is InChI=1S/C18H25N3O8S.C9H9NO2S/c22-13-5-4-11(9-14(13)23)6-8-20-17(30)19-7-2-1-3-12(16(26)27)21(18(28)29)10-15(24)25;11-8-2-1-7(5-9(8)12)3-4-10-6-13/h4-5,9,12,22-23H,1-3,6-8,10H2,(H,24,25)(H,26,27)(H,28,29)(H2,19,20,30);1-2,5,11-12H,3-4H2. The van der Waals surface area contributed by atoms with Crippen LogP contribution in [-0.4, -0.2) is 101 Å². The van der Waals surface area contributed by atoms with Crippen LogP contribution in [0.2, 0.25) is 0 Å². The van der Waals surface area contributed by atoms with Crippen LogP contribution in [0.3, 0.4) is 0 Å². The van der Waals surface area contributed by atoms with Crippen LogP contribution < -0.4 is 10.6 Å². The van der Waals surface area contributed by atoms with Gasteiger partial charge in [-0.3, -0.25) is 9.69 Å². The van der Waals surface area contributed by atoms with Gasteiger partial charge in [0, 0.05) is 13.1 Å². The first-order valence-corrected chi connectivity index (χ1v) is 13.7. The Morgan fingerprint density at radius 2 is 1.40 bits per heavy atom. The third-order valence-corrected chi connectivity index (χ3v) is 6.18. The van der Waals surface area contributed by atoms with Crippen LogP contribution in [-0.2, 0) is 22.4 Å². The highest BCUT2D eigenvalue weighted by molar-refractivity contribution is 7.80. The second-order valence-corrected chi connectivity index (χ2v) is 9.55. The number of aromatic hydroxyl groups is 4. The van der Waals surface area contributed by atoms with Gasteiger partial charge in [-0.2, -0.15) is 0 Å². The van der Waals surface area contributed by atoms with Crippen molar-refractivity contribution >= 4 is 52.7 Å². The predicted molar refractivity (Wildman–Crippen MR) is 163 cm³/mol. The van der Waals surface area contributed by atoms with Gasteiger partial charge in [0.2, 0.25) is 0 Å². The minimum Gasteiger partial charge on any atom is -0.504 e. The number of hydrogen-bond acceptors (Lipinski definition) is 10. The van der Waals surface area contributed by atoms with Crippen molar-refractivity contribution in [3.05, 3.63) is 47.5 Å². The molecule has 0 aliphatic carbocycles. The molecule has 0 aliphatic heterocycles. The van der Waals surface area contributed by atoms with Gasteiger partial charge in [0.25, 0.3) is 0 Å². The Bertz CT molecular complexity index is 1300. The summed E-state index contributed by atoms with van der Waals surface area (Å²) in [5.74, 6) is -3.43. The lowest BCUT2D eigenvalue weighted by atomic mass is 10.1. The Morgan fingerprint density at radius 1 is 0.837 bits per heavy atom. The Morgan fingerprint density at radius 3 is 1.88 bits per heavy atom. The van der Waals surface area contributed by atoms with Crippen LogP contribution in [0, 0.1) is 0 Å². The average Bonchev–Trinajstić information content (AvgIpc) is 2.93. The van der Waals surface area contributed by atoms with Gasteiger partial charge in [0.1, 0.15) is 12.6 Å². The van der Waals surface area contributed by atoms with Gasteiger partial charge in [-0.05, 0) is 91.9 Å². The van der Waals surface area contributed by atoms with E-state index in [0.29, 0.717) is 55.3 Å². The van der Waals surface area contributed by atoms with Gasteiger partial charge in [-0.1, -0.05) is 12.1 Å². The molecule has 0 fully saturated rings. The number of phenols is 4. The quantitative estimate of drug-likeness (QED) is 0.0591. The number of carboxylic acid groups (broad SMARTS) is 3. The molecule has 9 N–H and O–H groups in total. The average molecular weight is 639 g/mol. The normalized spacial score (nSPS) is 10.7. The van der Waals surface area contributed by atoms with Crippen molar-refractivity contribution in [1.29, 1.82) is 0 Å². The van der Waals surface area contributed by atoms with Crippen molar-refractivity contribution in [3.63, 3.8) is 0 Å². The molecule has 0 radical (unpaired) electrons. The molecule has 16 heteroatoms. The predicted octanol–water partition coefficient (Wildman–Crippen LogP) is 2.54. The van der Waals surface area contributed by atoms with E-state index >= 15 is 0 Å². The number of amides is 1. The van der Waals surface area contributed by atoms with Crippen LogP contribution in [0.4, 0.5) is 4.79 Å². The van der Waals surface area contributed by atoms with E-state index in [2.05, 4.69) is 33.0 Å². The third-order valence-electron chi connectivity index (χ3n) is 5.76. The number of rotatable bonds is 15. The number of phenolic OH excluding ortho intramolecular Hbond substituents is 4. The molecule has 2 aromatic carbocycles. The number of nitrogens with one attached hydrogen (secondary N) is 2. The number of aliphatic imine (C=N–C) groups is 1. The monoisotopic (exact) mass is 638 g/mol. The summed E-state index contributed by atoms with van der Waals surface area (Å²) in [6, 6.07) is 7.78. The first-order valence-electron chi connectivity index (χ1n) is 12.9. The van der Waals surface area contributed by atoms with Crippen molar-refractivity contribution in [2.24, 2.45) is 4.99 Å². The third kappa shape index (κ3) is 14.7. The van der Waals surface area contributed by atoms with Crippen LogP contribution in [0.25, 0.3) is 0 Å². The molecule has 1 atom stereocenters. The van der Waals surface area contributed by atoms with Crippen LogP contribution in [0.1, 0.15) is 30.4 Å². The number of carboxylic acids is 2. The summed E-state index contributed by atoms with van der Waals surface area (Å²) in [7, 11) is 0. The zero-order chi connectivity index (χ0) is 32.4. The minimum absolute atomic E-state index is 0.0267. The first-order chi connectivity index (χ1) is 20.3. The molecule has 14 nitrogen and oxygen atoms in total. The minimum atomic E-state index is -1.60. The maximum atomic E-state index is 11.3. The number of aliphatic carboxylic acids is 2. The summed E-state index contributed by atoms with van der Waals surface area (Å²) in [4.78, 5) is 37.3. The molecule has 2 aromatic rings. The molecule has 0 saturated heterocycles. The molecular formula is C27H34N4O10S2. The van der Waals surface area contributed by atoms with E-state index in [4.69, 9.17) is 32.6 Å². The number of hydrogen-bond donors (Lipinski definition) is 9. The molecule has 2 rings (SSSR count). The summed E-state index contributed by atoms with van der Waals surface area (Å²) >= 11 is 9.53. The highest BCUT2D eigenvalue weighted by Crippen LogP contribution is 2.25. The molecule has 0 heterocycles. The molecule has 0 aromatic heterocycles. The van der Waals surface area contributed by atoms with Gasteiger partial charge in [0.05, 0.1) is 11.7 Å². The number of carbonyl (C=O) groups is 3. The number of benzene rings is 2. The lowest BCUT2D eigenvalue weighted by molar-refractivity contribution is -0.145. The molecule has 0 spiro atoms. The fraction of sp³-hybridized carbons (Fsp3) is 0.370. The number of thiocarbonyl (C=S) groups is 2.